The van der Waals surface area contributed by atoms with E-state index in [-0.39, 0.29) is 5.60 Å². The van der Waals surface area contributed by atoms with Crippen molar-refractivity contribution >= 4 is 11.3 Å². The van der Waals surface area contributed by atoms with E-state index < -0.39 is 0 Å². The van der Waals surface area contributed by atoms with Crippen LogP contribution in [0.4, 0.5) is 0 Å². The lowest BCUT2D eigenvalue weighted by molar-refractivity contribution is 0.0165. The minimum absolute atomic E-state index is 0.117. The Kier molecular flexibility index (Phi) is 3.95. The van der Waals surface area contributed by atoms with E-state index in [1.807, 2.05) is 0 Å². The third-order valence-corrected chi connectivity index (χ3v) is 4.09. The topological polar surface area (TPSA) is 34.1 Å². The lowest BCUT2D eigenvalue weighted by Gasteiger charge is -2.19. The van der Waals surface area contributed by atoms with Gasteiger partial charge in [0, 0.05) is 18.5 Å². The highest BCUT2D eigenvalue weighted by molar-refractivity contribution is 7.09. The summed E-state index contributed by atoms with van der Waals surface area (Å²) in [5.41, 5.74) is 1.03. The van der Waals surface area contributed by atoms with Gasteiger partial charge in [-0.05, 0) is 32.7 Å². The molecular formula is C12H20N2OS. The van der Waals surface area contributed by atoms with Crippen LogP contribution >= 0.6 is 11.3 Å². The minimum atomic E-state index is -0.117. The number of aromatic nitrogens is 1. The van der Waals surface area contributed by atoms with E-state index in [0.29, 0.717) is 0 Å². The lowest BCUT2D eigenvalue weighted by Crippen LogP contribution is -2.20. The third-order valence-electron chi connectivity index (χ3n) is 2.96. The number of ether oxygens (including phenoxy) is 1. The number of nitrogens with zero attached hydrogens (tertiary/aromatic N) is 1. The Labute approximate surface area is 101 Å². The first-order valence-electron chi connectivity index (χ1n) is 6.04. The molecule has 0 spiro atoms. The first-order valence-corrected chi connectivity index (χ1v) is 6.92. The van der Waals surface area contributed by atoms with E-state index in [1.54, 1.807) is 11.3 Å². The molecule has 2 rings (SSSR count). The fourth-order valence-electron chi connectivity index (χ4n) is 1.97. The average Bonchev–Trinajstić information content (AvgIpc) is 2.88. The third kappa shape index (κ3) is 2.62. The Balaban J connectivity index is 1.96. The number of thiazole rings is 1. The fourth-order valence-corrected chi connectivity index (χ4v) is 2.94. The normalized spacial score (nSPS) is 25.1. The number of rotatable bonds is 5. The summed E-state index contributed by atoms with van der Waals surface area (Å²) in [4.78, 5) is 4.67. The van der Waals surface area contributed by atoms with Crippen molar-refractivity contribution in [1.82, 2.24) is 10.3 Å². The van der Waals surface area contributed by atoms with Crippen molar-refractivity contribution in [2.45, 2.75) is 45.3 Å². The molecule has 4 heteroatoms. The molecule has 1 aromatic heterocycles. The zero-order valence-electron chi connectivity index (χ0n) is 10.1. The molecule has 0 radical (unpaired) electrons. The van der Waals surface area contributed by atoms with E-state index >= 15 is 0 Å². The van der Waals surface area contributed by atoms with Crippen molar-refractivity contribution in [1.29, 1.82) is 0 Å². The molecular weight excluding hydrogens is 220 g/mol. The molecule has 1 fully saturated rings. The van der Waals surface area contributed by atoms with Gasteiger partial charge in [-0.15, -0.1) is 11.3 Å². The van der Waals surface area contributed by atoms with E-state index in [0.717, 1.165) is 49.7 Å². The molecule has 0 aliphatic carbocycles. The predicted molar refractivity (Wildman–Crippen MR) is 66.6 cm³/mol. The Bertz CT molecular complexity index is 332. The summed E-state index contributed by atoms with van der Waals surface area (Å²) in [6.45, 7) is 7.13. The Morgan fingerprint density at radius 2 is 2.50 bits per heavy atom. The highest BCUT2D eigenvalue weighted by Gasteiger charge is 2.34. The molecule has 2 heterocycles. The summed E-state index contributed by atoms with van der Waals surface area (Å²) in [5, 5.41) is 6.65. The van der Waals surface area contributed by atoms with Crippen LogP contribution in [0.3, 0.4) is 0 Å². The molecule has 90 valence electrons. The van der Waals surface area contributed by atoms with Crippen molar-refractivity contribution < 1.29 is 4.74 Å². The zero-order valence-corrected chi connectivity index (χ0v) is 10.9. The highest BCUT2D eigenvalue weighted by atomic mass is 32.1. The van der Waals surface area contributed by atoms with Gasteiger partial charge in [0.15, 0.2) is 0 Å². The molecule has 0 bridgehead atoms. The fraction of sp³-hybridized carbons (Fsp3) is 0.750. The maximum absolute atomic E-state index is 5.79. The first-order chi connectivity index (χ1) is 7.74. The standard InChI is InChI=1S/C12H20N2OS/c1-3-6-13-8-10-9-16-11(14-10)12(2)5-4-7-15-12/h9,13H,3-8H2,1-2H3. The molecule has 1 saturated heterocycles. The first kappa shape index (κ1) is 12.0. The maximum Gasteiger partial charge on any atom is 0.125 e. The molecule has 1 aromatic rings. The van der Waals surface area contributed by atoms with Crippen LogP contribution in [0.15, 0.2) is 5.38 Å². The van der Waals surface area contributed by atoms with Gasteiger partial charge >= 0.3 is 0 Å². The summed E-state index contributed by atoms with van der Waals surface area (Å²) in [6, 6.07) is 0. The molecule has 1 unspecified atom stereocenters. The summed E-state index contributed by atoms with van der Waals surface area (Å²) < 4.78 is 5.79. The van der Waals surface area contributed by atoms with Crippen molar-refractivity contribution in [2.75, 3.05) is 13.2 Å². The molecule has 3 nitrogen and oxygen atoms in total. The van der Waals surface area contributed by atoms with Crippen molar-refractivity contribution in [3.05, 3.63) is 16.1 Å². The van der Waals surface area contributed by atoms with Gasteiger partial charge in [-0.2, -0.15) is 0 Å². The van der Waals surface area contributed by atoms with Crippen LogP contribution in [0.2, 0.25) is 0 Å². The van der Waals surface area contributed by atoms with E-state index in [1.165, 1.54) is 0 Å². The zero-order chi connectivity index (χ0) is 11.4. The summed E-state index contributed by atoms with van der Waals surface area (Å²) in [6.07, 6.45) is 3.42. The summed E-state index contributed by atoms with van der Waals surface area (Å²) >= 11 is 1.73. The van der Waals surface area contributed by atoms with Gasteiger partial charge in [0.2, 0.25) is 0 Å². The van der Waals surface area contributed by atoms with Crippen LogP contribution in [-0.2, 0) is 16.9 Å². The maximum atomic E-state index is 5.79. The van der Waals surface area contributed by atoms with Crippen molar-refractivity contribution in [3.63, 3.8) is 0 Å². The van der Waals surface area contributed by atoms with Crippen LogP contribution in [0.25, 0.3) is 0 Å². The van der Waals surface area contributed by atoms with Crippen LogP contribution in [0.1, 0.15) is 43.8 Å². The molecule has 1 atom stereocenters. The number of hydrogen-bond acceptors (Lipinski definition) is 4. The molecule has 0 aromatic carbocycles. The second kappa shape index (κ2) is 5.25. The molecule has 0 amide bonds. The molecule has 16 heavy (non-hydrogen) atoms. The van der Waals surface area contributed by atoms with Gasteiger partial charge in [0.05, 0.1) is 5.69 Å². The smallest absolute Gasteiger partial charge is 0.125 e. The van der Waals surface area contributed by atoms with Crippen molar-refractivity contribution in [2.24, 2.45) is 0 Å². The second-order valence-electron chi connectivity index (χ2n) is 4.50. The lowest BCUT2D eigenvalue weighted by atomic mass is 10.0. The SMILES string of the molecule is CCCNCc1csc(C2(C)CCCO2)n1. The van der Waals surface area contributed by atoms with Crippen LogP contribution in [-0.4, -0.2) is 18.1 Å². The van der Waals surface area contributed by atoms with E-state index in [2.05, 4.69) is 29.5 Å². The molecule has 1 N–H and O–H groups in total. The van der Waals surface area contributed by atoms with Gasteiger partial charge in [-0.25, -0.2) is 4.98 Å². The Morgan fingerprint density at radius 3 is 3.19 bits per heavy atom. The Morgan fingerprint density at radius 1 is 1.62 bits per heavy atom. The van der Waals surface area contributed by atoms with E-state index in [4.69, 9.17) is 4.74 Å². The number of nitrogens with one attached hydrogen (secondary N) is 1. The minimum Gasteiger partial charge on any atom is -0.368 e. The summed E-state index contributed by atoms with van der Waals surface area (Å²) in [7, 11) is 0. The van der Waals surface area contributed by atoms with Crippen LogP contribution < -0.4 is 5.32 Å². The van der Waals surface area contributed by atoms with Gasteiger partial charge in [-0.1, -0.05) is 6.92 Å². The monoisotopic (exact) mass is 240 g/mol. The largest absolute Gasteiger partial charge is 0.368 e. The second-order valence-corrected chi connectivity index (χ2v) is 5.36. The van der Waals surface area contributed by atoms with Gasteiger partial charge < -0.3 is 10.1 Å². The Hall–Kier alpha value is -0.450. The molecule has 0 saturated carbocycles. The van der Waals surface area contributed by atoms with Gasteiger partial charge in [0.25, 0.3) is 0 Å². The highest BCUT2D eigenvalue weighted by Crippen LogP contribution is 2.37. The quantitative estimate of drug-likeness (QED) is 0.803. The average molecular weight is 240 g/mol. The van der Waals surface area contributed by atoms with E-state index in [9.17, 15) is 0 Å². The van der Waals surface area contributed by atoms with Gasteiger partial charge in [-0.3, -0.25) is 0 Å². The summed E-state index contributed by atoms with van der Waals surface area (Å²) in [5.74, 6) is 0. The predicted octanol–water partition coefficient (Wildman–Crippen LogP) is 2.67. The van der Waals surface area contributed by atoms with Gasteiger partial charge in [0.1, 0.15) is 10.6 Å². The van der Waals surface area contributed by atoms with Crippen molar-refractivity contribution in [3.8, 4) is 0 Å². The van der Waals surface area contributed by atoms with Crippen LogP contribution in [0, 0.1) is 0 Å². The van der Waals surface area contributed by atoms with Crippen LogP contribution in [0.5, 0.6) is 0 Å². The molecule has 1 aliphatic rings. The number of hydrogen-bond donors (Lipinski definition) is 1. The molecule has 1 aliphatic heterocycles.